The molecule has 3 heterocycles. The molecule has 27 heavy (non-hydrogen) atoms. The van der Waals surface area contributed by atoms with Crippen LogP contribution in [0.2, 0.25) is 0 Å². The van der Waals surface area contributed by atoms with E-state index < -0.39 is 0 Å². The molecular weight excluding hydrogens is 343 g/mol. The first-order valence-electron chi connectivity index (χ1n) is 8.65. The first kappa shape index (κ1) is 15.6. The Morgan fingerprint density at radius 3 is 2.56 bits per heavy atom. The van der Waals surface area contributed by atoms with Gasteiger partial charge in [0.25, 0.3) is 0 Å². The quantitative estimate of drug-likeness (QED) is 0.493. The molecule has 3 aromatic heterocycles. The van der Waals surface area contributed by atoms with Crippen molar-refractivity contribution in [3.05, 3.63) is 78.5 Å². The van der Waals surface area contributed by atoms with Gasteiger partial charge >= 0.3 is 0 Å². The number of nitrogens with zero attached hydrogens (tertiary/aromatic N) is 6. The molecule has 0 aliphatic heterocycles. The third kappa shape index (κ3) is 2.93. The molecule has 0 aliphatic carbocycles. The molecule has 5 rings (SSSR count). The highest BCUT2D eigenvalue weighted by molar-refractivity contribution is 5.88. The summed E-state index contributed by atoms with van der Waals surface area (Å²) in [6.07, 6.45) is 4.44. The van der Waals surface area contributed by atoms with E-state index in [0.29, 0.717) is 17.1 Å². The molecule has 0 bridgehead atoms. The van der Waals surface area contributed by atoms with Gasteiger partial charge in [0.15, 0.2) is 17.1 Å². The molecule has 0 fully saturated rings. The van der Waals surface area contributed by atoms with Gasteiger partial charge in [-0.15, -0.1) is 5.10 Å². The van der Waals surface area contributed by atoms with Gasteiger partial charge < -0.3 is 0 Å². The molecule has 0 saturated carbocycles. The molecule has 0 aliphatic rings. The Hall–Kier alpha value is -3.61. The first-order chi connectivity index (χ1) is 13.3. The number of fused-ring (bicyclic) bond motifs is 3. The molecule has 0 amide bonds. The maximum atomic E-state index is 13.1. The normalized spacial score (nSPS) is 11.4. The molecule has 7 heteroatoms. The molecular formula is C20H15FN6. The molecule has 6 nitrogen and oxygen atoms in total. The van der Waals surface area contributed by atoms with Gasteiger partial charge in [-0.1, -0.05) is 30.3 Å². The van der Waals surface area contributed by atoms with Crippen LogP contribution in [0.1, 0.15) is 5.56 Å². The van der Waals surface area contributed by atoms with Gasteiger partial charge in [-0.2, -0.15) is 5.10 Å². The van der Waals surface area contributed by atoms with E-state index >= 15 is 0 Å². The van der Waals surface area contributed by atoms with Gasteiger partial charge in [-0.3, -0.25) is 4.68 Å². The summed E-state index contributed by atoms with van der Waals surface area (Å²) in [5.41, 5.74) is 3.33. The zero-order valence-electron chi connectivity index (χ0n) is 14.3. The van der Waals surface area contributed by atoms with Crippen LogP contribution in [0, 0.1) is 5.82 Å². The van der Waals surface area contributed by atoms with E-state index in [-0.39, 0.29) is 5.82 Å². The van der Waals surface area contributed by atoms with Crippen LogP contribution in [0.25, 0.3) is 28.1 Å². The Balaban J connectivity index is 1.50. The van der Waals surface area contributed by atoms with E-state index in [1.165, 1.54) is 17.7 Å². The van der Waals surface area contributed by atoms with Crippen molar-refractivity contribution < 1.29 is 4.39 Å². The summed E-state index contributed by atoms with van der Waals surface area (Å²) >= 11 is 0. The van der Waals surface area contributed by atoms with Crippen molar-refractivity contribution in [2.45, 2.75) is 13.0 Å². The molecule has 132 valence electrons. The number of aryl methyl sites for hydroxylation is 2. The van der Waals surface area contributed by atoms with Crippen molar-refractivity contribution in [3.8, 4) is 11.4 Å². The van der Waals surface area contributed by atoms with Gasteiger partial charge in [0.1, 0.15) is 12.1 Å². The second-order valence-electron chi connectivity index (χ2n) is 6.32. The molecule has 0 saturated heterocycles. The highest BCUT2D eigenvalue weighted by atomic mass is 19.1. The number of aromatic nitrogens is 6. The molecule has 2 aromatic carbocycles. The van der Waals surface area contributed by atoms with Crippen molar-refractivity contribution in [1.82, 2.24) is 29.4 Å². The second kappa shape index (κ2) is 6.28. The van der Waals surface area contributed by atoms with Crippen LogP contribution in [-0.2, 0) is 13.0 Å². The van der Waals surface area contributed by atoms with Gasteiger partial charge in [0.2, 0.25) is 0 Å². The van der Waals surface area contributed by atoms with Crippen LogP contribution < -0.4 is 0 Å². The first-order valence-corrected chi connectivity index (χ1v) is 8.65. The Kier molecular flexibility index (Phi) is 3.64. The van der Waals surface area contributed by atoms with Gasteiger partial charge in [0.05, 0.1) is 5.39 Å². The fourth-order valence-corrected chi connectivity index (χ4v) is 3.09. The predicted molar refractivity (Wildman–Crippen MR) is 99.6 cm³/mol. The van der Waals surface area contributed by atoms with Gasteiger partial charge in [0, 0.05) is 18.3 Å². The van der Waals surface area contributed by atoms with E-state index in [4.69, 9.17) is 0 Å². The van der Waals surface area contributed by atoms with Crippen molar-refractivity contribution in [2.24, 2.45) is 0 Å². The fraction of sp³-hybridized carbons (Fsp3) is 0.100. The van der Waals surface area contributed by atoms with Crippen LogP contribution >= 0.6 is 0 Å². The number of rotatable bonds is 4. The summed E-state index contributed by atoms with van der Waals surface area (Å²) in [6, 6.07) is 16.4. The lowest BCUT2D eigenvalue weighted by Crippen LogP contribution is -2.01. The summed E-state index contributed by atoms with van der Waals surface area (Å²) in [6.45, 7) is 0.755. The largest absolute Gasteiger partial charge is 0.269 e. The molecule has 0 unspecified atom stereocenters. The van der Waals surface area contributed by atoms with Crippen LogP contribution in [-0.4, -0.2) is 29.4 Å². The highest BCUT2D eigenvalue weighted by Crippen LogP contribution is 2.21. The molecule has 0 spiro atoms. The SMILES string of the molecule is Fc1ccc(-c2nc3c4cn(CCc5ccccc5)nc4ncn3n2)cc1. The number of hydrogen-bond donors (Lipinski definition) is 0. The van der Waals surface area contributed by atoms with Gasteiger partial charge in [-0.05, 0) is 36.2 Å². The molecule has 5 aromatic rings. The topological polar surface area (TPSA) is 60.9 Å². The summed E-state index contributed by atoms with van der Waals surface area (Å²) in [5.74, 6) is 0.243. The summed E-state index contributed by atoms with van der Waals surface area (Å²) < 4.78 is 16.7. The van der Waals surface area contributed by atoms with Crippen molar-refractivity contribution in [1.29, 1.82) is 0 Å². The third-order valence-corrected chi connectivity index (χ3v) is 4.48. The standard InChI is InChI=1S/C20H15FN6/c21-16-8-6-15(7-9-16)18-23-20-17-12-26(11-10-14-4-2-1-3-5-14)24-19(17)22-13-27(20)25-18/h1-9,12-13H,10-11H2. The lowest BCUT2D eigenvalue weighted by atomic mass is 10.1. The minimum atomic E-state index is -0.286. The average molecular weight is 358 g/mol. The Bertz CT molecular complexity index is 1220. The highest BCUT2D eigenvalue weighted by Gasteiger charge is 2.13. The van der Waals surface area contributed by atoms with Crippen molar-refractivity contribution in [2.75, 3.05) is 0 Å². The van der Waals surface area contributed by atoms with E-state index in [2.05, 4.69) is 32.3 Å². The predicted octanol–water partition coefficient (Wildman–Crippen LogP) is 3.52. The monoisotopic (exact) mass is 358 g/mol. The number of halogens is 1. The van der Waals surface area contributed by atoms with E-state index in [0.717, 1.165) is 23.9 Å². The average Bonchev–Trinajstić information content (AvgIpc) is 3.31. The maximum absolute atomic E-state index is 13.1. The van der Waals surface area contributed by atoms with Crippen molar-refractivity contribution >= 4 is 16.7 Å². The second-order valence-corrected chi connectivity index (χ2v) is 6.32. The Labute approximate surface area is 153 Å². The molecule has 0 atom stereocenters. The van der Waals surface area contributed by atoms with Crippen molar-refractivity contribution in [3.63, 3.8) is 0 Å². The zero-order chi connectivity index (χ0) is 18.2. The van der Waals surface area contributed by atoms with E-state index in [1.54, 1.807) is 23.0 Å². The molecule has 0 radical (unpaired) electrons. The Morgan fingerprint density at radius 2 is 1.74 bits per heavy atom. The molecule has 0 N–H and O–H groups in total. The Morgan fingerprint density at radius 1 is 0.926 bits per heavy atom. The zero-order valence-corrected chi connectivity index (χ0v) is 14.3. The van der Waals surface area contributed by atoms with Gasteiger partial charge in [-0.25, -0.2) is 18.9 Å². The number of benzene rings is 2. The summed E-state index contributed by atoms with van der Waals surface area (Å²) in [7, 11) is 0. The van der Waals surface area contributed by atoms with E-state index in [1.807, 2.05) is 29.1 Å². The third-order valence-electron chi connectivity index (χ3n) is 4.48. The minimum Gasteiger partial charge on any atom is -0.269 e. The lowest BCUT2D eigenvalue weighted by Gasteiger charge is -2.00. The van der Waals surface area contributed by atoms with Crippen LogP contribution in [0.15, 0.2) is 67.1 Å². The minimum absolute atomic E-state index is 0.286. The summed E-state index contributed by atoms with van der Waals surface area (Å²) in [4.78, 5) is 8.98. The lowest BCUT2D eigenvalue weighted by molar-refractivity contribution is 0.619. The smallest absolute Gasteiger partial charge is 0.186 e. The van der Waals surface area contributed by atoms with Crippen LogP contribution in [0.4, 0.5) is 4.39 Å². The summed E-state index contributed by atoms with van der Waals surface area (Å²) in [5, 5.41) is 9.83. The maximum Gasteiger partial charge on any atom is 0.186 e. The van der Waals surface area contributed by atoms with E-state index in [9.17, 15) is 4.39 Å². The van der Waals surface area contributed by atoms with Crippen LogP contribution in [0.5, 0.6) is 0 Å². The van der Waals surface area contributed by atoms with Crippen LogP contribution in [0.3, 0.4) is 0 Å². The fourth-order valence-electron chi connectivity index (χ4n) is 3.09. The number of hydrogen-bond acceptors (Lipinski definition) is 4.